The van der Waals surface area contributed by atoms with Gasteiger partial charge in [-0.2, -0.15) is 4.98 Å². The zero-order valence-electron chi connectivity index (χ0n) is 12.3. The highest BCUT2D eigenvalue weighted by Crippen LogP contribution is 2.21. The van der Waals surface area contributed by atoms with Crippen molar-refractivity contribution in [2.45, 2.75) is 45.4 Å². The number of carbonyl (C=O) groups is 1. The molecule has 112 valence electrons. The molecule has 1 rings (SSSR count). The van der Waals surface area contributed by atoms with Gasteiger partial charge in [-0.25, -0.2) is 4.79 Å². The zero-order valence-corrected chi connectivity index (χ0v) is 13.2. The van der Waals surface area contributed by atoms with Crippen LogP contribution in [0.5, 0.6) is 0 Å². The molecule has 0 spiro atoms. The quantitative estimate of drug-likeness (QED) is 0.869. The zero-order chi connectivity index (χ0) is 15.6. The van der Waals surface area contributed by atoms with Crippen LogP contribution in [0.15, 0.2) is 4.79 Å². The lowest BCUT2D eigenvalue weighted by Gasteiger charge is -2.19. The minimum absolute atomic E-state index is 0.205. The second-order valence-corrected chi connectivity index (χ2v) is 6.76. The monoisotopic (exact) mass is 300 g/mol. The molecule has 0 saturated carbocycles. The van der Waals surface area contributed by atoms with Crippen LogP contribution in [0.2, 0.25) is 0 Å². The molecule has 0 aliphatic carbocycles. The van der Waals surface area contributed by atoms with Crippen LogP contribution in [0.3, 0.4) is 0 Å². The van der Waals surface area contributed by atoms with E-state index in [2.05, 4.69) is 4.98 Å². The first-order valence-electron chi connectivity index (χ1n) is 6.29. The van der Waals surface area contributed by atoms with Crippen molar-refractivity contribution >= 4 is 16.8 Å². The average Bonchev–Trinajstić information content (AvgIpc) is 2.33. The Bertz CT molecular complexity index is 609. The molecule has 0 radical (unpaired) electrons. The van der Waals surface area contributed by atoms with E-state index in [-0.39, 0.29) is 11.8 Å². The van der Waals surface area contributed by atoms with Crippen molar-refractivity contribution in [3.63, 3.8) is 0 Å². The smallest absolute Gasteiger partial charge is 0.348 e. The van der Waals surface area contributed by atoms with Crippen molar-refractivity contribution < 1.29 is 14.1 Å². The number of aromatic nitrogens is 2. The first kappa shape index (κ1) is 16.6. The van der Waals surface area contributed by atoms with Crippen molar-refractivity contribution in [2.24, 2.45) is 0 Å². The van der Waals surface area contributed by atoms with Crippen LogP contribution in [0.1, 0.15) is 36.7 Å². The predicted octanol–water partition coefficient (Wildman–Crippen LogP) is 0.815. The number of hydrogen-bond acceptors (Lipinski definition) is 4. The fourth-order valence-electron chi connectivity index (χ4n) is 2.14. The molecule has 0 amide bonds. The molecule has 1 aromatic heterocycles. The third-order valence-electron chi connectivity index (χ3n) is 3.49. The summed E-state index contributed by atoms with van der Waals surface area (Å²) in [5.41, 5.74) is 1.13. The third kappa shape index (κ3) is 3.33. The number of aryl methyl sites for hydroxylation is 1. The molecule has 0 aromatic carbocycles. The molecular weight excluding hydrogens is 280 g/mol. The highest BCUT2D eigenvalue weighted by molar-refractivity contribution is 7.84. The van der Waals surface area contributed by atoms with Gasteiger partial charge in [-0.1, -0.05) is 0 Å². The van der Waals surface area contributed by atoms with Crippen LogP contribution in [0.4, 0.5) is 0 Å². The Morgan fingerprint density at radius 1 is 1.40 bits per heavy atom. The summed E-state index contributed by atoms with van der Waals surface area (Å²) in [5, 5.41) is 8.95. The molecule has 7 heteroatoms. The lowest BCUT2D eigenvalue weighted by molar-refractivity contribution is -0.138. The van der Waals surface area contributed by atoms with Crippen LogP contribution in [-0.2, 0) is 22.1 Å². The van der Waals surface area contributed by atoms with E-state index in [9.17, 15) is 13.8 Å². The molecule has 6 nitrogen and oxygen atoms in total. The molecule has 0 aliphatic rings. The lowest BCUT2D eigenvalue weighted by Crippen LogP contribution is -2.33. The molecule has 0 aliphatic heterocycles. The highest BCUT2D eigenvalue weighted by Gasteiger charge is 2.23. The molecule has 3 unspecified atom stereocenters. The van der Waals surface area contributed by atoms with Gasteiger partial charge in [-0.3, -0.25) is 13.6 Å². The number of nitrogens with zero attached hydrogens (tertiary/aromatic N) is 2. The van der Waals surface area contributed by atoms with Gasteiger partial charge in [-0.15, -0.1) is 0 Å². The van der Waals surface area contributed by atoms with Crippen molar-refractivity contribution in [2.75, 3.05) is 6.26 Å². The molecule has 0 saturated heterocycles. The van der Waals surface area contributed by atoms with E-state index in [0.29, 0.717) is 17.0 Å². The molecule has 20 heavy (non-hydrogen) atoms. The Balaban J connectivity index is 3.40. The molecule has 1 heterocycles. The van der Waals surface area contributed by atoms with Crippen molar-refractivity contribution in [1.29, 1.82) is 0 Å². The van der Waals surface area contributed by atoms with E-state index >= 15 is 0 Å². The van der Waals surface area contributed by atoms with Crippen molar-refractivity contribution in [3.05, 3.63) is 27.4 Å². The van der Waals surface area contributed by atoms with Crippen LogP contribution in [0, 0.1) is 13.8 Å². The van der Waals surface area contributed by atoms with Crippen LogP contribution in [-0.4, -0.2) is 36.3 Å². The Morgan fingerprint density at radius 3 is 2.40 bits per heavy atom. The van der Waals surface area contributed by atoms with E-state index in [1.54, 1.807) is 34.0 Å². The Morgan fingerprint density at radius 2 is 1.95 bits per heavy atom. The van der Waals surface area contributed by atoms with E-state index in [4.69, 9.17) is 5.11 Å². The fourth-order valence-corrected chi connectivity index (χ4v) is 2.50. The molecule has 1 N–H and O–H groups in total. The SMILES string of the molecule is Cc1nc(=O)n(CC(C)S(C)=O)c(C)c1C(C)C(=O)O. The summed E-state index contributed by atoms with van der Waals surface area (Å²) in [6, 6.07) is 0. The Kier molecular flexibility index (Phi) is 5.21. The third-order valence-corrected chi connectivity index (χ3v) is 4.77. The van der Waals surface area contributed by atoms with Gasteiger partial charge in [0.1, 0.15) is 0 Å². The second-order valence-electron chi connectivity index (χ2n) is 4.96. The number of carboxylic acids is 1. The van der Waals surface area contributed by atoms with Gasteiger partial charge in [-0.05, 0) is 27.7 Å². The molecule has 1 aromatic rings. The molecule has 3 atom stereocenters. The van der Waals surface area contributed by atoms with Crippen LogP contribution < -0.4 is 5.69 Å². The maximum atomic E-state index is 12.0. The average molecular weight is 300 g/mol. The van der Waals surface area contributed by atoms with E-state index < -0.39 is 28.4 Å². The minimum atomic E-state index is -1.06. The van der Waals surface area contributed by atoms with E-state index in [1.165, 1.54) is 4.57 Å². The van der Waals surface area contributed by atoms with Gasteiger partial charge in [0.25, 0.3) is 0 Å². The largest absolute Gasteiger partial charge is 0.481 e. The Hall–Kier alpha value is -1.50. The minimum Gasteiger partial charge on any atom is -0.481 e. The number of carboxylic acid groups (broad SMARTS) is 1. The number of aliphatic carboxylic acids is 1. The summed E-state index contributed by atoms with van der Waals surface area (Å²) in [6.45, 7) is 6.95. The lowest BCUT2D eigenvalue weighted by atomic mass is 9.98. The van der Waals surface area contributed by atoms with Crippen LogP contribution >= 0.6 is 0 Å². The van der Waals surface area contributed by atoms with Gasteiger partial charge in [0.05, 0.1) is 5.92 Å². The maximum absolute atomic E-state index is 12.0. The number of hydrogen-bond donors (Lipinski definition) is 1. The maximum Gasteiger partial charge on any atom is 0.348 e. The van der Waals surface area contributed by atoms with Crippen LogP contribution in [0.25, 0.3) is 0 Å². The Labute approximate surface area is 120 Å². The normalized spacial score (nSPS) is 15.7. The van der Waals surface area contributed by atoms with Gasteiger partial charge >= 0.3 is 11.7 Å². The summed E-state index contributed by atoms with van der Waals surface area (Å²) in [7, 11) is -1.06. The van der Waals surface area contributed by atoms with Crippen molar-refractivity contribution in [1.82, 2.24) is 9.55 Å². The summed E-state index contributed by atoms with van der Waals surface area (Å²) in [4.78, 5) is 27.0. The molecule has 0 bridgehead atoms. The first-order valence-corrected chi connectivity index (χ1v) is 7.91. The van der Waals surface area contributed by atoms with E-state index in [0.717, 1.165) is 0 Å². The molecular formula is C13H20N2O4S. The molecule has 0 fully saturated rings. The summed E-state index contributed by atoms with van der Waals surface area (Å²) < 4.78 is 12.9. The fraction of sp³-hybridized carbons (Fsp3) is 0.615. The summed E-state index contributed by atoms with van der Waals surface area (Å²) in [5.74, 6) is -1.70. The van der Waals surface area contributed by atoms with Gasteiger partial charge in [0, 0.05) is 45.8 Å². The predicted molar refractivity (Wildman–Crippen MR) is 77.6 cm³/mol. The first-order chi connectivity index (χ1) is 9.16. The van der Waals surface area contributed by atoms with Gasteiger partial charge in [0.2, 0.25) is 0 Å². The van der Waals surface area contributed by atoms with E-state index in [1.807, 2.05) is 0 Å². The summed E-state index contributed by atoms with van der Waals surface area (Å²) in [6.07, 6.45) is 1.58. The highest BCUT2D eigenvalue weighted by atomic mass is 32.2. The topological polar surface area (TPSA) is 89.3 Å². The van der Waals surface area contributed by atoms with Crippen molar-refractivity contribution in [3.8, 4) is 0 Å². The standard InChI is InChI=1S/C13H20N2O4S/c1-7(20(5)19)6-15-10(4)11(8(2)12(16)17)9(3)14-13(15)18/h7-8H,6H2,1-5H3,(H,16,17). The van der Waals surface area contributed by atoms with Gasteiger partial charge < -0.3 is 5.11 Å². The van der Waals surface area contributed by atoms with Gasteiger partial charge in [0.15, 0.2) is 0 Å². The second kappa shape index (κ2) is 6.30. The number of rotatable bonds is 5. The summed E-state index contributed by atoms with van der Waals surface area (Å²) >= 11 is 0.